The zero-order chi connectivity index (χ0) is 25.4. The molecule has 1 unspecified atom stereocenters. The summed E-state index contributed by atoms with van der Waals surface area (Å²) in [6.07, 6.45) is 9.71. The number of hydrogen-bond donors (Lipinski definition) is 3. The molecule has 0 saturated carbocycles. The summed E-state index contributed by atoms with van der Waals surface area (Å²) in [5.41, 5.74) is -1.85. The molecule has 180 valence electrons. The maximum atomic E-state index is 11.6. The standard InChI is InChI=1S/C24H49O3.H2O.O.Ti/c1-4-7-10-13-15-18-21-23(24(25,26)27,20-17-12-9-6-3)22-19-16-14-11-8-5-2;;;/h25-26H,4-22H2,1-3H3;1H2;;/q-1;;;+2/p-1/i17T,20T2;;;. The monoisotopic (exact) mass is 472 g/mol. The van der Waals surface area contributed by atoms with Crippen LogP contribution in [-0.4, -0.2) is 19.9 Å². The number of aliphatic hydroxyl groups is 2. The van der Waals surface area contributed by atoms with Crippen LogP contribution in [0.5, 0.6) is 0 Å². The van der Waals surface area contributed by atoms with Crippen LogP contribution in [-0.2, 0) is 25.3 Å². The van der Waals surface area contributed by atoms with Crippen LogP contribution >= 0.6 is 0 Å². The predicted molar refractivity (Wildman–Crippen MR) is 118 cm³/mol. The summed E-state index contributed by atoms with van der Waals surface area (Å²) in [5, 5.41) is 22.0. The Morgan fingerprint density at radius 1 is 0.733 bits per heavy atom. The van der Waals surface area contributed by atoms with Gasteiger partial charge in [0.25, 0.3) is 0 Å². The van der Waals surface area contributed by atoms with Gasteiger partial charge in [-0.25, -0.2) is 0 Å². The molecule has 0 spiro atoms. The molecule has 0 fully saturated rings. The zero-order valence-corrected chi connectivity index (χ0v) is 21.3. The molecule has 0 aliphatic rings. The van der Waals surface area contributed by atoms with Crippen molar-refractivity contribution in [1.29, 1.82) is 0 Å². The van der Waals surface area contributed by atoms with Crippen LogP contribution in [0.25, 0.3) is 0 Å². The molecule has 0 heterocycles. The first-order valence-corrected chi connectivity index (χ1v) is 14.3. The van der Waals surface area contributed by atoms with Crippen LogP contribution in [0.2, 0.25) is 0 Å². The number of rotatable bonds is 22. The summed E-state index contributed by atoms with van der Waals surface area (Å²) in [6, 6.07) is 0. The molecule has 0 rings (SSSR count). The van der Waals surface area contributed by atoms with E-state index in [9.17, 15) is 17.2 Å². The number of unbranched alkanes of at least 4 members (excludes halogenated alkanes) is 11. The molecule has 0 aliphatic heterocycles. The molecule has 0 saturated heterocycles. The van der Waals surface area contributed by atoms with E-state index in [-0.39, 0.29) is 19.3 Å². The first-order chi connectivity index (χ1) is 15.5. The van der Waals surface area contributed by atoms with Crippen LogP contribution in [0, 0.1) is 5.41 Å². The van der Waals surface area contributed by atoms with E-state index in [2.05, 4.69) is 13.8 Å². The van der Waals surface area contributed by atoms with E-state index in [0.29, 0.717) is 19.3 Å². The third-order valence-corrected chi connectivity index (χ3v) is 6.56. The topological polar surface area (TPSA) is 87.0 Å². The molecule has 0 aromatic carbocycles. The van der Waals surface area contributed by atoms with Gasteiger partial charge >= 0.3 is 197 Å². The normalized spacial score (nSPS) is 15.5. The Morgan fingerprint density at radius 2 is 1.13 bits per heavy atom. The van der Waals surface area contributed by atoms with Crippen molar-refractivity contribution in [1.82, 2.24) is 0 Å². The molecule has 0 radical (unpaired) electrons. The van der Waals surface area contributed by atoms with E-state index in [1.165, 1.54) is 0 Å². The van der Waals surface area contributed by atoms with Crippen molar-refractivity contribution >= 4 is 0 Å². The van der Waals surface area contributed by atoms with Gasteiger partial charge in [-0.3, -0.25) is 0 Å². The molecule has 3 N–H and O–H groups in total. The third kappa shape index (κ3) is 13.7. The van der Waals surface area contributed by atoms with Crippen molar-refractivity contribution in [3.8, 4) is 0 Å². The molecule has 1 atom stereocenters. The summed E-state index contributed by atoms with van der Waals surface area (Å²) < 4.78 is 52.2. The van der Waals surface area contributed by atoms with E-state index >= 15 is 0 Å². The van der Waals surface area contributed by atoms with E-state index in [1.54, 1.807) is 0 Å². The molecule has 6 heteroatoms. The molecule has 0 bridgehead atoms. The first kappa shape index (κ1) is 25.0. The molecule has 0 aliphatic carbocycles. The molecule has 30 heavy (non-hydrogen) atoms. The van der Waals surface area contributed by atoms with Crippen LogP contribution in [0.1, 0.15) is 147 Å². The first-order valence-electron chi connectivity index (χ1n) is 13.9. The summed E-state index contributed by atoms with van der Waals surface area (Å²) in [4.78, 5) is 0. The second-order valence-corrected chi connectivity index (χ2v) is 9.73. The molecular weight excluding hydrogens is 416 g/mol. The van der Waals surface area contributed by atoms with Gasteiger partial charge in [0.2, 0.25) is 0 Å². The van der Waals surface area contributed by atoms with E-state index in [1.807, 2.05) is 6.92 Å². The van der Waals surface area contributed by atoms with Crippen LogP contribution in [0.15, 0.2) is 0 Å². The van der Waals surface area contributed by atoms with Crippen molar-refractivity contribution in [2.24, 2.45) is 5.41 Å². The molecule has 5 nitrogen and oxygen atoms in total. The van der Waals surface area contributed by atoms with E-state index in [0.717, 1.165) is 70.6 Å². The fourth-order valence-electron chi connectivity index (χ4n) is 3.90. The van der Waals surface area contributed by atoms with Gasteiger partial charge in [-0.2, -0.15) is 0 Å². The second-order valence-electron chi connectivity index (χ2n) is 8.58. The summed E-state index contributed by atoms with van der Waals surface area (Å²) in [7, 11) is 0. The fraction of sp³-hybridized carbons (Fsp3) is 1.00. The molecule has 0 amide bonds. The van der Waals surface area contributed by atoms with Gasteiger partial charge in [-0.15, -0.1) is 0 Å². The van der Waals surface area contributed by atoms with Gasteiger partial charge in [0.05, 0.1) is 0 Å². The maximum absolute atomic E-state index is 11.6. The quantitative estimate of drug-likeness (QED) is 0.0908. The Morgan fingerprint density at radius 3 is 1.57 bits per heavy atom. The average molecular weight is 473 g/mol. The van der Waals surface area contributed by atoms with E-state index < -0.39 is 42.8 Å². The van der Waals surface area contributed by atoms with Gasteiger partial charge in [0, 0.05) is 0 Å². The van der Waals surface area contributed by atoms with Gasteiger partial charge in [0.15, 0.2) is 0 Å². The second kappa shape index (κ2) is 18.9. The third-order valence-electron chi connectivity index (χ3n) is 5.85. The van der Waals surface area contributed by atoms with Gasteiger partial charge in [0.1, 0.15) is 0 Å². The molecule has 0 aromatic rings. The average Bonchev–Trinajstić information content (AvgIpc) is 2.73. The number of hydrogen-bond acceptors (Lipinski definition) is 4. The van der Waals surface area contributed by atoms with E-state index in [4.69, 9.17) is 7.43 Å². The van der Waals surface area contributed by atoms with Crippen molar-refractivity contribution in [3.63, 3.8) is 0 Å². The van der Waals surface area contributed by atoms with Gasteiger partial charge in [-0.1, -0.05) is 0 Å². The summed E-state index contributed by atoms with van der Waals surface area (Å²) in [5.74, 6) is -3.10. The van der Waals surface area contributed by atoms with Crippen LogP contribution < -0.4 is 0 Å². The predicted octanol–water partition coefficient (Wildman–Crippen LogP) is 6.89. The van der Waals surface area contributed by atoms with Crippen molar-refractivity contribution in [2.75, 3.05) is 0 Å². The molecule has 0 aromatic heterocycles. The Kier molecular flexibility index (Phi) is 15.7. The van der Waals surface area contributed by atoms with Crippen molar-refractivity contribution < 1.29 is 43.3 Å². The van der Waals surface area contributed by atoms with Crippen LogP contribution in [0.3, 0.4) is 0 Å². The fourth-order valence-corrected chi connectivity index (χ4v) is 4.58. The van der Waals surface area contributed by atoms with Gasteiger partial charge < -0.3 is 0 Å². The minimum absolute atomic E-state index is 0.0984. The van der Waals surface area contributed by atoms with Crippen molar-refractivity contribution in [3.05, 3.63) is 0 Å². The summed E-state index contributed by atoms with van der Waals surface area (Å²) >= 11 is -4.39. The zero-order valence-electron chi connectivity index (χ0n) is 22.8. The Balaban J connectivity index is 5.86. The SMILES string of the molecule is [3H]C(CCCC)C([3H])([3H])C(CCCCCCCC)(CCCCCCCC)C(O)(O)[O][Ti](=[O])[OH]. The van der Waals surface area contributed by atoms with Crippen LogP contribution in [0.4, 0.5) is 0 Å². The van der Waals surface area contributed by atoms with Crippen molar-refractivity contribution in [2.45, 2.75) is 149 Å². The molecular formula is C24H50O5Ti. The Bertz CT molecular complexity index is 504. The Hall–Kier alpha value is 0.354. The Labute approximate surface area is 197 Å². The van der Waals surface area contributed by atoms with Gasteiger partial charge in [-0.05, 0) is 0 Å². The minimum atomic E-state index is -4.39. The summed E-state index contributed by atoms with van der Waals surface area (Å²) in [6.45, 7) is 6.23.